The van der Waals surface area contributed by atoms with Crippen molar-refractivity contribution in [2.75, 3.05) is 0 Å². The molecule has 0 aliphatic rings. The van der Waals surface area contributed by atoms with Gasteiger partial charge < -0.3 is 4.98 Å². The minimum atomic E-state index is 1.21. The van der Waals surface area contributed by atoms with Gasteiger partial charge in [-0.3, -0.25) is 0 Å². The molecule has 1 aromatic heterocycles. The van der Waals surface area contributed by atoms with Crippen LogP contribution < -0.4 is 0 Å². The minimum Gasteiger partial charge on any atom is -0.358 e. The number of aromatic nitrogens is 1. The molecular formula is C16H23N. The van der Waals surface area contributed by atoms with Gasteiger partial charge in [0, 0.05) is 16.6 Å². The lowest BCUT2D eigenvalue weighted by molar-refractivity contribution is 0.717. The number of hydrogen-bond acceptors (Lipinski definition) is 0. The van der Waals surface area contributed by atoms with Crippen LogP contribution in [-0.4, -0.2) is 4.98 Å². The molecular weight excluding hydrogens is 206 g/mol. The first-order valence-corrected chi connectivity index (χ1v) is 6.72. The average Bonchev–Trinajstić information content (AvgIpc) is 2.63. The SMILES string of the molecule is CCCCCc1c(C)[nH]c2c(C)ccc(C)c12. The van der Waals surface area contributed by atoms with Gasteiger partial charge in [-0.25, -0.2) is 0 Å². The number of unbranched alkanes of at least 4 members (excludes halogenated alkanes) is 2. The number of aromatic amines is 1. The molecule has 2 rings (SSSR count). The lowest BCUT2D eigenvalue weighted by Gasteiger charge is -2.04. The normalized spacial score (nSPS) is 11.3. The first kappa shape index (κ1) is 12.2. The first-order chi connectivity index (χ1) is 8.15. The lowest BCUT2D eigenvalue weighted by Crippen LogP contribution is -1.88. The van der Waals surface area contributed by atoms with Crippen LogP contribution in [0.2, 0.25) is 0 Å². The summed E-state index contributed by atoms with van der Waals surface area (Å²) in [7, 11) is 0. The van der Waals surface area contributed by atoms with Crippen LogP contribution in [0.4, 0.5) is 0 Å². The van der Waals surface area contributed by atoms with Crippen molar-refractivity contribution in [3.8, 4) is 0 Å². The number of fused-ring (bicyclic) bond motifs is 1. The molecule has 0 unspecified atom stereocenters. The predicted molar refractivity (Wildman–Crippen MR) is 75.7 cm³/mol. The zero-order valence-corrected chi connectivity index (χ0v) is 11.5. The third-order valence-corrected chi connectivity index (χ3v) is 3.72. The molecule has 0 fully saturated rings. The summed E-state index contributed by atoms with van der Waals surface area (Å²) in [5.74, 6) is 0. The van der Waals surface area contributed by atoms with E-state index in [2.05, 4.69) is 44.8 Å². The molecule has 1 nitrogen and oxygen atoms in total. The van der Waals surface area contributed by atoms with E-state index in [1.54, 1.807) is 0 Å². The summed E-state index contributed by atoms with van der Waals surface area (Å²) in [5.41, 5.74) is 6.99. The van der Waals surface area contributed by atoms with Crippen molar-refractivity contribution in [1.29, 1.82) is 0 Å². The summed E-state index contributed by atoms with van der Waals surface area (Å²) in [6.07, 6.45) is 5.14. The number of H-pyrrole nitrogens is 1. The number of nitrogens with one attached hydrogen (secondary N) is 1. The van der Waals surface area contributed by atoms with Gasteiger partial charge in [-0.05, 0) is 50.3 Å². The second-order valence-corrected chi connectivity index (χ2v) is 5.14. The topological polar surface area (TPSA) is 15.8 Å². The van der Waals surface area contributed by atoms with Gasteiger partial charge in [0.25, 0.3) is 0 Å². The monoisotopic (exact) mass is 229 g/mol. The minimum absolute atomic E-state index is 1.21. The smallest absolute Gasteiger partial charge is 0.0491 e. The van der Waals surface area contributed by atoms with Gasteiger partial charge in [0.1, 0.15) is 0 Å². The van der Waals surface area contributed by atoms with E-state index in [0.29, 0.717) is 0 Å². The molecule has 0 saturated carbocycles. The third kappa shape index (κ3) is 2.24. The lowest BCUT2D eigenvalue weighted by atomic mass is 9.99. The second kappa shape index (κ2) is 4.95. The van der Waals surface area contributed by atoms with Crippen molar-refractivity contribution in [1.82, 2.24) is 4.98 Å². The van der Waals surface area contributed by atoms with Gasteiger partial charge in [-0.15, -0.1) is 0 Å². The fourth-order valence-electron chi connectivity index (χ4n) is 2.68. The van der Waals surface area contributed by atoms with Gasteiger partial charge in [0.2, 0.25) is 0 Å². The molecule has 0 aliphatic carbocycles. The molecule has 0 spiro atoms. The second-order valence-electron chi connectivity index (χ2n) is 5.14. The maximum Gasteiger partial charge on any atom is 0.0491 e. The van der Waals surface area contributed by atoms with Crippen LogP contribution >= 0.6 is 0 Å². The van der Waals surface area contributed by atoms with Crippen LogP contribution in [0.5, 0.6) is 0 Å². The molecule has 0 radical (unpaired) electrons. The highest BCUT2D eigenvalue weighted by atomic mass is 14.7. The summed E-state index contributed by atoms with van der Waals surface area (Å²) >= 11 is 0. The number of hydrogen-bond donors (Lipinski definition) is 1. The van der Waals surface area contributed by atoms with Gasteiger partial charge in [0.15, 0.2) is 0 Å². The quantitative estimate of drug-likeness (QED) is 0.723. The largest absolute Gasteiger partial charge is 0.358 e. The molecule has 0 atom stereocenters. The van der Waals surface area contributed by atoms with Crippen LogP contribution in [0.1, 0.15) is 48.6 Å². The Bertz CT molecular complexity index is 520. The van der Waals surface area contributed by atoms with E-state index in [0.717, 1.165) is 0 Å². The summed E-state index contributed by atoms with van der Waals surface area (Å²) < 4.78 is 0. The highest BCUT2D eigenvalue weighted by molar-refractivity contribution is 5.90. The number of aryl methyl sites for hydroxylation is 4. The van der Waals surface area contributed by atoms with E-state index in [4.69, 9.17) is 0 Å². The Balaban J connectivity index is 2.47. The Labute approximate surface area is 104 Å². The standard InChI is InChI=1S/C16H23N/c1-5-6-7-8-14-13(4)17-16-12(3)10-9-11(2)15(14)16/h9-10,17H,5-8H2,1-4H3. The summed E-state index contributed by atoms with van der Waals surface area (Å²) in [5, 5.41) is 1.47. The number of benzene rings is 1. The van der Waals surface area contributed by atoms with E-state index in [9.17, 15) is 0 Å². The highest BCUT2D eigenvalue weighted by Gasteiger charge is 2.11. The van der Waals surface area contributed by atoms with Crippen molar-refractivity contribution in [2.24, 2.45) is 0 Å². The van der Waals surface area contributed by atoms with Crippen LogP contribution in [0.15, 0.2) is 12.1 Å². The molecule has 2 aromatic rings. The first-order valence-electron chi connectivity index (χ1n) is 6.72. The fourth-order valence-corrected chi connectivity index (χ4v) is 2.68. The van der Waals surface area contributed by atoms with Crippen LogP contribution in [0, 0.1) is 20.8 Å². The molecule has 1 heteroatoms. The van der Waals surface area contributed by atoms with Crippen molar-refractivity contribution < 1.29 is 0 Å². The molecule has 1 N–H and O–H groups in total. The molecule has 1 heterocycles. The third-order valence-electron chi connectivity index (χ3n) is 3.72. The Kier molecular flexibility index (Phi) is 3.56. The van der Waals surface area contributed by atoms with Crippen molar-refractivity contribution >= 4 is 10.9 Å². The molecule has 1 aromatic carbocycles. The van der Waals surface area contributed by atoms with Crippen LogP contribution in [-0.2, 0) is 6.42 Å². The average molecular weight is 229 g/mol. The van der Waals surface area contributed by atoms with E-state index in [-0.39, 0.29) is 0 Å². The predicted octanol–water partition coefficient (Wildman–Crippen LogP) is 4.83. The fraction of sp³-hybridized carbons (Fsp3) is 0.500. The maximum atomic E-state index is 3.56. The Morgan fingerprint density at radius 2 is 1.71 bits per heavy atom. The summed E-state index contributed by atoms with van der Waals surface area (Å²) in [6, 6.07) is 4.46. The van der Waals surface area contributed by atoms with Crippen LogP contribution in [0.25, 0.3) is 10.9 Å². The van der Waals surface area contributed by atoms with Gasteiger partial charge >= 0.3 is 0 Å². The zero-order chi connectivity index (χ0) is 12.4. The van der Waals surface area contributed by atoms with Gasteiger partial charge in [0.05, 0.1) is 0 Å². The maximum absolute atomic E-state index is 3.56. The highest BCUT2D eigenvalue weighted by Crippen LogP contribution is 2.29. The van der Waals surface area contributed by atoms with Gasteiger partial charge in [-0.2, -0.15) is 0 Å². The van der Waals surface area contributed by atoms with E-state index in [1.165, 1.54) is 59.0 Å². The van der Waals surface area contributed by atoms with E-state index in [1.807, 2.05) is 0 Å². The molecule has 92 valence electrons. The Hall–Kier alpha value is -1.24. The van der Waals surface area contributed by atoms with Crippen LogP contribution in [0.3, 0.4) is 0 Å². The van der Waals surface area contributed by atoms with Crippen molar-refractivity contribution in [3.05, 3.63) is 34.5 Å². The van der Waals surface area contributed by atoms with Crippen molar-refractivity contribution in [3.63, 3.8) is 0 Å². The zero-order valence-electron chi connectivity index (χ0n) is 11.5. The molecule has 0 aliphatic heterocycles. The van der Waals surface area contributed by atoms with Gasteiger partial charge in [-0.1, -0.05) is 31.9 Å². The summed E-state index contributed by atoms with van der Waals surface area (Å²) in [6.45, 7) is 8.88. The molecule has 0 bridgehead atoms. The number of rotatable bonds is 4. The molecule has 17 heavy (non-hydrogen) atoms. The molecule has 0 saturated heterocycles. The molecule has 0 amide bonds. The Morgan fingerprint density at radius 1 is 1.00 bits per heavy atom. The van der Waals surface area contributed by atoms with E-state index >= 15 is 0 Å². The summed E-state index contributed by atoms with van der Waals surface area (Å²) in [4.78, 5) is 3.56. The van der Waals surface area contributed by atoms with E-state index < -0.39 is 0 Å². The van der Waals surface area contributed by atoms with Crippen molar-refractivity contribution in [2.45, 2.75) is 53.4 Å². The Morgan fingerprint density at radius 3 is 2.41 bits per heavy atom.